The Morgan fingerprint density at radius 3 is 1.97 bits per heavy atom. The van der Waals surface area contributed by atoms with Crippen LogP contribution in [-0.4, -0.2) is 26.8 Å². The van der Waals surface area contributed by atoms with Crippen molar-refractivity contribution in [2.75, 3.05) is 19.4 Å². The van der Waals surface area contributed by atoms with E-state index in [2.05, 4.69) is 5.32 Å². The number of sulfonamides is 1. The second kappa shape index (κ2) is 8.31. The van der Waals surface area contributed by atoms with E-state index in [4.69, 9.17) is 0 Å². The molecule has 0 atom stereocenters. The van der Waals surface area contributed by atoms with Gasteiger partial charge in [0.2, 0.25) is 10.0 Å². The van der Waals surface area contributed by atoms with E-state index in [0.29, 0.717) is 10.2 Å². The van der Waals surface area contributed by atoms with E-state index in [9.17, 15) is 26.0 Å². The van der Waals surface area contributed by atoms with Crippen LogP contribution in [-0.2, 0) is 10.0 Å². The molecule has 1 fully saturated rings. The SMILES string of the molecule is CN(C)S(=O)(=O)c1c(F)c(F)c(F)c(F)c1Nc1ccc(C2CCCCC2)cc1. The smallest absolute Gasteiger partial charge is 0.247 e. The minimum Gasteiger partial charge on any atom is -0.352 e. The number of nitrogens with zero attached hydrogens (tertiary/aromatic N) is 1. The first-order chi connectivity index (χ1) is 13.6. The van der Waals surface area contributed by atoms with Gasteiger partial charge in [0.1, 0.15) is 10.6 Å². The molecule has 2 aromatic rings. The van der Waals surface area contributed by atoms with Crippen molar-refractivity contribution in [1.29, 1.82) is 0 Å². The van der Waals surface area contributed by atoms with Crippen molar-refractivity contribution in [3.63, 3.8) is 0 Å². The third kappa shape index (κ3) is 4.11. The molecule has 0 aliphatic heterocycles. The van der Waals surface area contributed by atoms with Gasteiger partial charge in [-0.3, -0.25) is 0 Å². The molecule has 9 heteroatoms. The molecular weight excluding hydrogens is 408 g/mol. The zero-order valence-corrected chi connectivity index (χ0v) is 16.9. The van der Waals surface area contributed by atoms with Crippen molar-refractivity contribution in [3.8, 4) is 0 Å². The quantitative estimate of drug-likeness (QED) is 0.399. The van der Waals surface area contributed by atoms with Gasteiger partial charge >= 0.3 is 0 Å². The third-order valence-electron chi connectivity index (χ3n) is 5.22. The predicted octanol–water partition coefficient (Wildman–Crippen LogP) is 5.28. The van der Waals surface area contributed by atoms with Crippen LogP contribution >= 0.6 is 0 Å². The number of nitrogens with one attached hydrogen (secondary N) is 1. The molecule has 4 nitrogen and oxygen atoms in total. The molecular formula is C20H22F4N2O2S. The maximum Gasteiger partial charge on any atom is 0.247 e. The second-order valence-electron chi connectivity index (χ2n) is 7.33. The summed E-state index contributed by atoms with van der Waals surface area (Å²) in [5.41, 5.74) is 0.345. The van der Waals surface area contributed by atoms with Crippen LogP contribution in [0.5, 0.6) is 0 Å². The molecule has 1 aliphatic carbocycles. The number of benzene rings is 2. The van der Waals surface area contributed by atoms with Crippen molar-refractivity contribution < 1.29 is 26.0 Å². The lowest BCUT2D eigenvalue weighted by Gasteiger charge is -2.22. The molecule has 1 saturated carbocycles. The highest BCUT2D eigenvalue weighted by Crippen LogP contribution is 2.37. The lowest BCUT2D eigenvalue weighted by molar-refractivity contribution is 0.396. The van der Waals surface area contributed by atoms with Crippen LogP contribution in [0.15, 0.2) is 29.2 Å². The first-order valence-electron chi connectivity index (χ1n) is 9.30. The van der Waals surface area contributed by atoms with Gasteiger partial charge in [0.05, 0.1) is 0 Å². The summed E-state index contributed by atoms with van der Waals surface area (Å²) in [6.45, 7) is 0. The molecule has 0 unspecified atom stereocenters. The van der Waals surface area contributed by atoms with Gasteiger partial charge in [-0.2, -0.15) is 0 Å². The molecule has 2 aromatic carbocycles. The van der Waals surface area contributed by atoms with Gasteiger partial charge in [-0.1, -0.05) is 31.4 Å². The molecule has 0 amide bonds. The van der Waals surface area contributed by atoms with Gasteiger partial charge < -0.3 is 5.32 Å². The van der Waals surface area contributed by atoms with Crippen molar-refractivity contribution in [2.45, 2.75) is 42.9 Å². The highest BCUT2D eigenvalue weighted by Gasteiger charge is 2.34. The summed E-state index contributed by atoms with van der Waals surface area (Å²) >= 11 is 0. The molecule has 0 bridgehead atoms. The summed E-state index contributed by atoms with van der Waals surface area (Å²) < 4.78 is 81.7. The Balaban J connectivity index is 2.02. The van der Waals surface area contributed by atoms with Gasteiger partial charge in [-0.15, -0.1) is 0 Å². The fourth-order valence-electron chi connectivity index (χ4n) is 3.57. The number of anilines is 2. The molecule has 0 spiro atoms. The first kappa shape index (κ1) is 21.6. The third-order valence-corrected chi connectivity index (χ3v) is 7.08. The van der Waals surface area contributed by atoms with E-state index in [-0.39, 0.29) is 5.69 Å². The predicted molar refractivity (Wildman–Crippen MR) is 103 cm³/mol. The van der Waals surface area contributed by atoms with E-state index >= 15 is 0 Å². The molecule has 158 valence electrons. The highest BCUT2D eigenvalue weighted by molar-refractivity contribution is 7.89. The molecule has 29 heavy (non-hydrogen) atoms. The Labute approximate surface area is 167 Å². The van der Waals surface area contributed by atoms with Gasteiger partial charge in [-0.25, -0.2) is 30.3 Å². The zero-order chi connectivity index (χ0) is 21.3. The average Bonchev–Trinajstić information content (AvgIpc) is 2.71. The number of hydrogen-bond donors (Lipinski definition) is 1. The maximum absolute atomic E-state index is 14.4. The fourth-order valence-corrected chi connectivity index (χ4v) is 4.65. The summed E-state index contributed by atoms with van der Waals surface area (Å²) in [5, 5.41) is 2.41. The molecule has 1 N–H and O–H groups in total. The minimum absolute atomic E-state index is 0.226. The summed E-state index contributed by atoms with van der Waals surface area (Å²) in [6.07, 6.45) is 5.65. The van der Waals surface area contributed by atoms with Crippen molar-refractivity contribution in [2.24, 2.45) is 0 Å². The second-order valence-corrected chi connectivity index (χ2v) is 9.42. The van der Waals surface area contributed by atoms with Gasteiger partial charge in [0.25, 0.3) is 0 Å². The number of halogens is 4. The van der Waals surface area contributed by atoms with Gasteiger partial charge in [0.15, 0.2) is 23.3 Å². The fraction of sp³-hybridized carbons (Fsp3) is 0.400. The topological polar surface area (TPSA) is 49.4 Å². The van der Waals surface area contributed by atoms with Crippen molar-refractivity contribution in [1.82, 2.24) is 4.31 Å². The summed E-state index contributed by atoms with van der Waals surface area (Å²) in [5.74, 6) is -7.62. The van der Waals surface area contributed by atoms with Crippen LogP contribution in [0.25, 0.3) is 0 Å². The Kier molecular flexibility index (Phi) is 6.19. The first-order valence-corrected chi connectivity index (χ1v) is 10.7. The molecule has 3 rings (SSSR count). The zero-order valence-electron chi connectivity index (χ0n) is 16.1. The largest absolute Gasteiger partial charge is 0.352 e. The normalized spacial score (nSPS) is 15.7. The number of hydrogen-bond acceptors (Lipinski definition) is 3. The Bertz CT molecular complexity index is 1000. The van der Waals surface area contributed by atoms with Crippen LogP contribution in [0.3, 0.4) is 0 Å². The van der Waals surface area contributed by atoms with Gasteiger partial charge in [-0.05, 0) is 36.5 Å². The average molecular weight is 430 g/mol. The van der Waals surface area contributed by atoms with E-state index in [1.807, 2.05) is 12.1 Å². The molecule has 0 saturated heterocycles. The minimum atomic E-state index is -4.60. The Morgan fingerprint density at radius 2 is 1.41 bits per heavy atom. The van der Waals surface area contributed by atoms with E-state index in [1.165, 1.54) is 6.42 Å². The molecule has 0 aromatic heterocycles. The lowest BCUT2D eigenvalue weighted by Crippen LogP contribution is -2.25. The maximum atomic E-state index is 14.4. The standard InChI is InChI=1S/C20H22F4N2O2S/c1-26(2)29(27,28)20-18(24)16(22)15(21)17(23)19(20)25-14-10-8-13(9-11-14)12-6-4-3-5-7-12/h8-12,25H,3-7H2,1-2H3. The molecule has 0 heterocycles. The van der Waals surface area contributed by atoms with Crippen molar-refractivity contribution >= 4 is 21.4 Å². The Morgan fingerprint density at radius 1 is 0.862 bits per heavy atom. The van der Waals surface area contributed by atoms with Crippen LogP contribution in [0.4, 0.5) is 28.9 Å². The Hall–Kier alpha value is -2.13. The number of rotatable bonds is 5. The van der Waals surface area contributed by atoms with Crippen LogP contribution in [0, 0.1) is 23.3 Å². The summed E-state index contributed by atoms with van der Waals surface area (Å²) in [7, 11) is -2.44. The van der Waals surface area contributed by atoms with Crippen LogP contribution < -0.4 is 5.32 Å². The van der Waals surface area contributed by atoms with Crippen LogP contribution in [0.1, 0.15) is 43.6 Å². The van der Waals surface area contributed by atoms with Gasteiger partial charge in [0, 0.05) is 19.8 Å². The lowest BCUT2D eigenvalue weighted by atomic mass is 9.84. The summed E-state index contributed by atoms with van der Waals surface area (Å²) in [4.78, 5) is -1.28. The molecule has 1 aliphatic rings. The van der Waals surface area contributed by atoms with E-state index in [1.54, 1.807) is 12.1 Å². The van der Waals surface area contributed by atoms with E-state index in [0.717, 1.165) is 45.3 Å². The van der Waals surface area contributed by atoms with E-state index < -0.39 is 43.9 Å². The monoisotopic (exact) mass is 430 g/mol. The van der Waals surface area contributed by atoms with Crippen molar-refractivity contribution in [3.05, 3.63) is 53.1 Å². The summed E-state index contributed by atoms with van der Waals surface area (Å²) in [6, 6.07) is 6.78. The highest BCUT2D eigenvalue weighted by atomic mass is 32.2. The molecule has 0 radical (unpaired) electrons. The van der Waals surface area contributed by atoms with Crippen LogP contribution in [0.2, 0.25) is 0 Å².